The highest BCUT2D eigenvalue weighted by molar-refractivity contribution is 6.20. The van der Waals surface area contributed by atoms with Crippen molar-refractivity contribution in [3.63, 3.8) is 0 Å². The van der Waals surface area contributed by atoms with Crippen LogP contribution < -0.4 is 0 Å². The van der Waals surface area contributed by atoms with Gasteiger partial charge in [-0.2, -0.15) is 0 Å². The summed E-state index contributed by atoms with van der Waals surface area (Å²) in [5.74, 6) is -4.17. The quantitative estimate of drug-likeness (QED) is 0.360. The maximum Gasteiger partial charge on any atom is 0.269 e. The molecule has 0 radical (unpaired) electrons. The summed E-state index contributed by atoms with van der Waals surface area (Å²) in [5, 5.41) is 9.61. The average molecular weight is 316 g/mol. The maximum absolute atomic E-state index is 13.6. The highest BCUT2D eigenvalue weighted by Gasteiger charge is 2.19. The van der Waals surface area contributed by atoms with Crippen LogP contribution in [0.1, 0.15) is 16.5 Å². The van der Waals surface area contributed by atoms with E-state index in [1.807, 2.05) is 0 Å². The standard InChI is InChI=1S/C14H9ClF3NO2/c15-11(10-5-6-12(16)14(18)13(10)17)7-8-1-3-9(4-2-8)19(20)21/h1-6,11H,7H2. The second-order valence-electron chi connectivity index (χ2n) is 4.36. The monoisotopic (exact) mass is 315 g/mol. The molecule has 0 heterocycles. The van der Waals surface area contributed by atoms with Gasteiger partial charge in [-0.15, -0.1) is 11.6 Å². The lowest BCUT2D eigenvalue weighted by atomic mass is 10.0. The first kappa shape index (κ1) is 15.3. The van der Waals surface area contributed by atoms with Crippen molar-refractivity contribution in [1.82, 2.24) is 0 Å². The van der Waals surface area contributed by atoms with E-state index >= 15 is 0 Å². The van der Waals surface area contributed by atoms with Gasteiger partial charge in [0.15, 0.2) is 17.5 Å². The predicted molar refractivity (Wildman–Crippen MR) is 71.7 cm³/mol. The molecule has 2 rings (SSSR count). The van der Waals surface area contributed by atoms with Crippen LogP contribution in [0.5, 0.6) is 0 Å². The second kappa shape index (κ2) is 6.13. The van der Waals surface area contributed by atoms with Crippen LogP contribution in [-0.4, -0.2) is 4.92 Å². The molecule has 3 nitrogen and oxygen atoms in total. The first-order valence-corrected chi connectivity index (χ1v) is 6.34. The Morgan fingerprint density at radius 2 is 1.67 bits per heavy atom. The molecule has 0 saturated heterocycles. The SMILES string of the molecule is O=[N+]([O-])c1ccc(CC(Cl)c2ccc(F)c(F)c2F)cc1. The molecule has 0 N–H and O–H groups in total. The Morgan fingerprint density at radius 3 is 2.24 bits per heavy atom. The second-order valence-corrected chi connectivity index (χ2v) is 4.89. The first-order chi connectivity index (χ1) is 9.90. The molecule has 0 amide bonds. The number of nitro groups is 1. The third kappa shape index (κ3) is 3.33. The number of rotatable bonds is 4. The van der Waals surface area contributed by atoms with Crippen molar-refractivity contribution in [2.75, 3.05) is 0 Å². The van der Waals surface area contributed by atoms with Crippen LogP contribution in [-0.2, 0) is 6.42 Å². The van der Waals surface area contributed by atoms with Crippen molar-refractivity contribution in [1.29, 1.82) is 0 Å². The van der Waals surface area contributed by atoms with Crippen molar-refractivity contribution < 1.29 is 18.1 Å². The lowest BCUT2D eigenvalue weighted by Gasteiger charge is -2.11. The summed E-state index contributed by atoms with van der Waals surface area (Å²) in [6.45, 7) is 0. The molecule has 0 aliphatic heterocycles. The van der Waals surface area contributed by atoms with E-state index < -0.39 is 27.8 Å². The highest BCUT2D eigenvalue weighted by atomic mass is 35.5. The van der Waals surface area contributed by atoms with E-state index in [2.05, 4.69) is 0 Å². The van der Waals surface area contributed by atoms with Gasteiger partial charge in [0, 0.05) is 17.7 Å². The topological polar surface area (TPSA) is 43.1 Å². The first-order valence-electron chi connectivity index (χ1n) is 5.91. The van der Waals surface area contributed by atoms with Gasteiger partial charge >= 0.3 is 0 Å². The van der Waals surface area contributed by atoms with Gasteiger partial charge in [-0.25, -0.2) is 13.2 Å². The van der Waals surface area contributed by atoms with Gasteiger partial charge in [-0.1, -0.05) is 18.2 Å². The summed E-state index contributed by atoms with van der Waals surface area (Å²) >= 11 is 6.01. The molecule has 0 fully saturated rings. The summed E-state index contributed by atoms with van der Waals surface area (Å²) in [7, 11) is 0. The van der Waals surface area contributed by atoms with Crippen LogP contribution in [0.25, 0.3) is 0 Å². The van der Waals surface area contributed by atoms with Crippen molar-refractivity contribution >= 4 is 17.3 Å². The highest BCUT2D eigenvalue weighted by Crippen LogP contribution is 2.29. The summed E-state index contributed by atoms with van der Waals surface area (Å²) in [5.41, 5.74) is 0.377. The van der Waals surface area contributed by atoms with Crippen LogP contribution in [0.2, 0.25) is 0 Å². The lowest BCUT2D eigenvalue weighted by molar-refractivity contribution is -0.384. The Hall–Kier alpha value is -2.08. The normalized spacial score (nSPS) is 12.2. The molecular weight excluding hydrogens is 307 g/mol. The molecule has 7 heteroatoms. The molecule has 0 aromatic heterocycles. The Morgan fingerprint density at radius 1 is 1.05 bits per heavy atom. The minimum Gasteiger partial charge on any atom is -0.258 e. The number of nitrogens with zero attached hydrogens (tertiary/aromatic N) is 1. The number of non-ortho nitro benzene ring substituents is 1. The van der Waals surface area contributed by atoms with Crippen molar-refractivity contribution in [2.45, 2.75) is 11.8 Å². The van der Waals surface area contributed by atoms with E-state index in [0.29, 0.717) is 5.56 Å². The fourth-order valence-electron chi connectivity index (χ4n) is 1.85. The van der Waals surface area contributed by atoms with Crippen molar-refractivity contribution in [3.8, 4) is 0 Å². The zero-order valence-electron chi connectivity index (χ0n) is 10.5. The largest absolute Gasteiger partial charge is 0.269 e. The van der Waals surface area contributed by atoms with Gasteiger partial charge in [-0.3, -0.25) is 10.1 Å². The van der Waals surface area contributed by atoms with Crippen molar-refractivity contribution in [3.05, 3.63) is 75.1 Å². The molecular formula is C14H9ClF3NO2. The van der Waals surface area contributed by atoms with Crippen molar-refractivity contribution in [2.24, 2.45) is 0 Å². The van der Waals surface area contributed by atoms with Gasteiger partial charge < -0.3 is 0 Å². The van der Waals surface area contributed by atoms with Crippen LogP contribution >= 0.6 is 11.6 Å². The Bertz CT molecular complexity index is 677. The molecule has 1 unspecified atom stereocenters. The van der Waals surface area contributed by atoms with Gasteiger partial charge in [0.05, 0.1) is 10.3 Å². The number of nitro benzene ring substituents is 1. The fourth-order valence-corrected chi connectivity index (χ4v) is 2.20. The van der Waals surface area contributed by atoms with Crippen LogP contribution in [0.3, 0.4) is 0 Å². The van der Waals surface area contributed by atoms with Gasteiger partial charge in [0.2, 0.25) is 0 Å². The van der Waals surface area contributed by atoms with E-state index in [1.54, 1.807) is 0 Å². The summed E-state index contributed by atoms with van der Waals surface area (Å²) < 4.78 is 39.6. The molecule has 0 aliphatic rings. The third-order valence-electron chi connectivity index (χ3n) is 2.96. The molecule has 0 aliphatic carbocycles. The van der Waals surface area contributed by atoms with E-state index in [0.717, 1.165) is 12.1 Å². The van der Waals surface area contributed by atoms with Crippen LogP contribution in [0, 0.1) is 27.6 Å². The molecule has 0 saturated carbocycles. The van der Waals surface area contributed by atoms with Gasteiger partial charge in [0.25, 0.3) is 5.69 Å². The Labute approximate surface area is 123 Å². The smallest absolute Gasteiger partial charge is 0.258 e. The van der Waals surface area contributed by atoms with E-state index in [1.165, 1.54) is 24.3 Å². The number of hydrogen-bond acceptors (Lipinski definition) is 2. The fraction of sp³-hybridized carbons (Fsp3) is 0.143. The molecule has 110 valence electrons. The third-order valence-corrected chi connectivity index (χ3v) is 3.35. The average Bonchev–Trinajstić information content (AvgIpc) is 2.45. The molecule has 0 spiro atoms. The van der Waals surface area contributed by atoms with E-state index in [-0.39, 0.29) is 17.7 Å². The van der Waals surface area contributed by atoms with E-state index in [9.17, 15) is 23.3 Å². The summed E-state index contributed by atoms with van der Waals surface area (Å²) in [4.78, 5) is 9.98. The minimum absolute atomic E-state index is 0.0797. The number of alkyl halides is 1. The van der Waals surface area contributed by atoms with Crippen LogP contribution in [0.15, 0.2) is 36.4 Å². The predicted octanol–water partition coefficient (Wildman–Crippen LogP) is 4.53. The maximum atomic E-state index is 13.6. The molecule has 21 heavy (non-hydrogen) atoms. The zero-order chi connectivity index (χ0) is 15.6. The molecule has 0 bridgehead atoms. The Kier molecular flexibility index (Phi) is 4.47. The van der Waals surface area contributed by atoms with Gasteiger partial charge in [-0.05, 0) is 18.1 Å². The molecule has 2 aromatic rings. The molecule has 1 atom stereocenters. The van der Waals surface area contributed by atoms with Gasteiger partial charge in [0.1, 0.15) is 0 Å². The van der Waals surface area contributed by atoms with E-state index in [4.69, 9.17) is 11.6 Å². The number of benzene rings is 2. The van der Waals surface area contributed by atoms with Crippen LogP contribution in [0.4, 0.5) is 18.9 Å². The number of halogens is 4. The summed E-state index contributed by atoms with van der Waals surface area (Å²) in [6.07, 6.45) is 0.127. The number of hydrogen-bond donors (Lipinski definition) is 0. The lowest BCUT2D eigenvalue weighted by Crippen LogP contribution is -2.03. The zero-order valence-corrected chi connectivity index (χ0v) is 11.3. The Balaban J connectivity index is 2.20. The molecule has 2 aromatic carbocycles. The minimum atomic E-state index is -1.57. The summed E-state index contributed by atoms with van der Waals surface area (Å²) in [6, 6.07) is 7.42.